The smallest absolute Gasteiger partial charge is 0.0593 e. The van der Waals surface area contributed by atoms with Gasteiger partial charge < -0.3 is 4.74 Å². The zero-order valence-electron chi connectivity index (χ0n) is 10.0. The molecule has 90 valence electrons. The number of hydrogen-bond acceptors (Lipinski definition) is 2. The molecule has 2 unspecified atom stereocenters. The molecule has 0 spiro atoms. The second kappa shape index (κ2) is 7.48. The molecule has 0 heterocycles. The Morgan fingerprint density at radius 2 is 2.00 bits per heavy atom. The quantitative estimate of drug-likeness (QED) is 0.517. The van der Waals surface area contributed by atoms with Gasteiger partial charge in [-0.05, 0) is 26.3 Å². The maximum absolute atomic E-state index is 6.34. The van der Waals surface area contributed by atoms with Crippen molar-refractivity contribution in [3.8, 4) is 0 Å². The molecule has 0 aromatic rings. The number of rotatable bonds is 6. The molecule has 0 saturated heterocycles. The van der Waals surface area contributed by atoms with Crippen LogP contribution in [0.1, 0.15) is 39.0 Å². The van der Waals surface area contributed by atoms with Crippen LogP contribution in [-0.2, 0) is 4.74 Å². The predicted molar refractivity (Wildman–Crippen MR) is 65.6 cm³/mol. The van der Waals surface area contributed by atoms with Gasteiger partial charge in [0.25, 0.3) is 0 Å². The summed E-state index contributed by atoms with van der Waals surface area (Å²) in [6, 6.07) is 0.561. The summed E-state index contributed by atoms with van der Waals surface area (Å²) in [6.45, 7) is 4.86. The molecule has 2 nitrogen and oxygen atoms in total. The fourth-order valence-corrected chi connectivity index (χ4v) is 2.66. The van der Waals surface area contributed by atoms with Gasteiger partial charge in [0, 0.05) is 24.6 Å². The van der Waals surface area contributed by atoms with E-state index in [1.54, 1.807) is 0 Å². The third kappa shape index (κ3) is 4.71. The molecule has 0 aromatic heterocycles. The maximum Gasteiger partial charge on any atom is 0.0593 e. The van der Waals surface area contributed by atoms with Crippen LogP contribution in [0.3, 0.4) is 0 Å². The number of nitrogens with zero attached hydrogens (tertiary/aromatic N) is 1. The Morgan fingerprint density at radius 1 is 1.27 bits per heavy atom. The molecule has 15 heavy (non-hydrogen) atoms. The van der Waals surface area contributed by atoms with Crippen molar-refractivity contribution >= 4 is 11.6 Å². The summed E-state index contributed by atoms with van der Waals surface area (Å²) in [4.78, 5) is 2.37. The first-order valence-electron chi connectivity index (χ1n) is 6.17. The monoisotopic (exact) mass is 233 g/mol. The van der Waals surface area contributed by atoms with Gasteiger partial charge in [-0.1, -0.05) is 19.8 Å². The van der Waals surface area contributed by atoms with E-state index in [1.807, 2.05) is 0 Å². The molecule has 1 rings (SSSR count). The second-order valence-corrected chi connectivity index (χ2v) is 5.02. The molecule has 0 N–H and O–H groups in total. The summed E-state index contributed by atoms with van der Waals surface area (Å²) in [5.74, 6) is 0. The van der Waals surface area contributed by atoms with E-state index in [9.17, 15) is 0 Å². The predicted octanol–water partition coefficient (Wildman–Crippen LogP) is 2.89. The number of hydrogen-bond donors (Lipinski definition) is 0. The summed E-state index contributed by atoms with van der Waals surface area (Å²) in [5.41, 5.74) is 0. The first-order valence-corrected chi connectivity index (χ1v) is 6.61. The van der Waals surface area contributed by atoms with Gasteiger partial charge in [0.15, 0.2) is 0 Å². The van der Waals surface area contributed by atoms with E-state index in [2.05, 4.69) is 18.9 Å². The van der Waals surface area contributed by atoms with Gasteiger partial charge in [0.2, 0.25) is 0 Å². The highest BCUT2D eigenvalue weighted by Crippen LogP contribution is 2.26. The molecular formula is C12H24ClNO. The second-order valence-electron chi connectivity index (χ2n) is 4.46. The molecule has 0 amide bonds. The average molecular weight is 234 g/mol. The van der Waals surface area contributed by atoms with Gasteiger partial charge >= 0.3 is 0 Å². The molecule has 1 saturated carbocycles. The van der Waals surface area contributed by atoms with Crippen LogP contribution in [-0.4, -0.2) is 43.1 Å². The van der Waals surface area contributed by atoms with Crippen molar-refractivity contribution in [2.24, 2.45) is 0 Å². The SMILES string of the molecule is CCCOCCN(C)C1CCCCC1Cl. The van der Waals surface area contributed by atoms with Crippen molar-refractivity contribution in [2.45, 2.75) is 50.4 Å². The van der Waals surface area contributed by atoms with Gasteiger partial charge in [-0.25, -0.2) is 0 Å². The third-order valence-electron chi connectivity index (χ3n) is 3.15. The van der Waals surface area contributed by atoms with Crippen molar-refractivity contribution < 1.29 is 4.74 Å². The Balaban J connectivity index is 2.16. The zero-order valence-corrected chi connectivity index (χ0v) is 10.8. The summed E-state index contributed by atoms with van der Waals surface area (Å²) < 4.78 is 5.49. The maximum atomic E-state index is 6.34. The van der Waals surface area contributed by atoms with Gasteiger partial charge in [-0.15, -0.1) is 11.6 Å². The van der Waals surface area contributed by atoms with Gasteiger partial charge in [-0.2, -0.15) is 0 Å². The number of ether oxygens (including phenoxy) is 1. The minimum Gasteiger partial charge on any atom is -0.380 e. The van der Waals surface area contributed by atoms with Crippen LogP contribution in [0.4, 0.5) is 0 Å². The molecule has 1 aliphatic rings. The highest BCUT2D eigenvalue weighted by atomic mass is 35.5. The van der Waals surface area contributed by atoms with E-state index < -0.39 is 0 Å². The van der Waals surface area contributed by atoms with Crippen LogP contribution in [0.25, 0.3) is 0 Å². The Morgan fingerprint density at radius 3 is 2.67 bits per heavy atom. The standard InChI is InChI=1S/C12H24ClNO/c1-3-9-15-10-8-14(2)12-7-5-4-6-11(12)13/h11-12H,3-10H2,1-2H3. The molecular weight excluding hydrogens is 210 g/mol. The van der Waals surface area contributed by atoms with Gasteiger partial charge in [0.1, 0.15) is 0 Å². The van der Waals surface area contributed by atoms with Crippen LogP contribution in [0.15, 0.2) is 0 Å². The molecule has 0 aliphatic heterocycles. The largest absolute Gasteiger partial charge is 0.380 e. The molecule has 1 aliphatic carbocycles. The lowest BCUT2D eigenvalue weighted by Gasteiger charge is -2.34. The number of alkyl halides is 1. The van der Waals surface area contributed by atoms with Crippen molar-refractivity contribution in [3.63, 3.8) is 0 Å². The minimum atomic E-state index is 0.343. The third-order valence-corrected chi connectivity index (χ3v) is 3.66. The molecule has 0 aromatic carbocycles. The van der Waals surface area contributed by atoms with E-state index in [-0.39, 0.29) is 0 Å². The lowest BCUT2D eigenvalue weighted by atomic mass is 9.94. The zero-order chi connectivity index (χ0) is 11.1. The lowest BCUT2D eigenvalue weighted by Crippen LogP contribution is -2.42. The Bertz CT molecular complexity index is 166. The van der Waals surface area contributed by atoms with E-state index in [4.69, 9.17) is 16.3 Å². The van der Waals surface area contributed by atoms with Gasteiger partial charge in [0.05, 0.1) is 6.61 Å². The topological polar surface area (TPSA) is 12.5 Å². The normalized spacial score (nSPS) is 27.2. The Kier molecular flexibility index (Phi) is 6.62. The highest BCUT2D eigenvalue weighted by molar-refractivity contribution is 6.21. The average Bonchev–Trinajstić information content (AvgIpc) is 2.25. The molecule has 2 atom stereocenters. The fourth-order valence-electron chi connectivity index (χ4n) is 2.18. The van der Waals surface area contributed by atoms with Crippen molar-refractivity contribution in [2.75, 3.05) is 26.8 Å². The first kappa shape index (κ1) is 13.3. The summed E-state index contributed by atoms with van der Waals surface area (Å²) in [7, 11) is 2.17. The van der Waals surface area contributed by atoms with Crippen molar-refractivity contribution in [1.82, 2.24) is 4.90 Å². The number of halogens is 1. The fraction of sp³-hybridized carbons (Fsp3) is 1.00. The van der Waals surface area contributed by atoms with E-state index in [0.29, 0.717) is 11.4 Å². The van der Waals surface area contributed by atoms with E-state index >= 15 is 0 Å². The minimum absolute atomic E-state index is 0.343. The summed E-state index contributed by atoms with van der Waals surface area (Å²) in [5, 5.41) is 0.343. The molecule has 0 radical (unpaired) electrons. The first-order chi connectivity index (χ1) is 7.25. The highest BCUT2D eigenvalue weighted by Gasteiger charge is 2.26. The van der Waals surface area contributed by atoms with Crippen LogP contribution in [0, 0.1) is 0 Å². The van der Waals surface area contributed by atoms with E-state index in [0.717, 1.165) is 26.2 Å². The molecule has 1 fully saturated rings. The summed E-state index contributed by atoms with van der Waals surface area (Å²) >= 11 is 6.34. The Hall–Kier alpha value is 0.210. The lowest BCUT2D eigenvalue weighted by molar-refractivity contribution is 0.0912. The van der Waals surface area contributed by atoms with Crippen molar-refractivity contribution in [3.05, 3.63) is 0 Å². The summed E-state index contributed by atoms with van der Waals surface area (Å²) in [6.07, 6.45) is 6.15. The molecule has 0 bridgehead atoms. The molecule has 3 heteroatoms. The Labute approximate surface area is 98.9 Å². The van der Waals surface area contributed by atoms with Crippen LogP contribution < -0.4 is 0 Å². The van der Waals surface area contributed by atoms with Crippen LogP contribution in [0.5, 0.6) is 0 Å². The van der Waals surface area contributed by atoms with Crippen LogP contribution >= 0.6 is 11.6 Å². The number of likely N-dealkylation sites (N-methyl/N-ethyl adjacent to an activating group) is 1. The van der Waals surface area contributed by atoms with Crippen molar-refractivity contribution in [1.29, 1.82) is 0 Å². The van der Waals surface area contributed by atoms with Gasteiger partial charge in [-0.3, -0.25) is 4.90 Å². The van der Waals surface area contributed by atoms with Crippen LogP contribution in [0.2, 0.25) is 0 Å². The van der Waals surface area contributed by atoms with E-state index in [1.165, 1.54) is 25.7 Å².